The molecule has 2 fully saturated rings. The maximum Gasteiger partial charge on any atom is 0.202 e. The Labute approximate surface area is 192 Å². The van der Waals surface area contributed by atoms with Gasteiger partial charge in [-0.1, -0.05) is 35.9 Å². The second-order valence-corrected chi connectivity index (χ2v) is 10.1. The molecule has 0 unspecified atom stereocenters. The number of rotatable bonds is 8. The van der Waals surface area contributed by atoms with Crippen LogP contribution in [0.2, 0.25) is 5.02 Å². The van der Waals surface area contributed by atoms with E-state index in [4.69, 9.17) is 16.3 Å². The quantitative estimate of drug-likeness (QED) is 0.483. The Morgan fingerprint density at radius 3 is 2.61 bits per heavy atom. The zero-order chi connectivity index (χ0) is 21.3. The van der Waals surface area contributed by atoms with Crippen molar-refractivity contribution in [3.8, 4) is 5.75 Å². The number of benzene rings is 2. The zero-order valence-corrected chi connectivity index (χ0v) is 19.2. The highest BCUT2D eigenvalue weighted by molar-refractivity contribution is 7.09. The van der Waals surface area contributed by atoms with Crippen LogP contribution in [-0.4, -0.2) is 28.6 Å². The molecule has 3 aromatic rings. The molecule has 2 saturated carbocycles. The minimum Gasteiger partial charge on any atom is -0.497 e. The summed E-state index contributed by atoms with van der Waals surface area (Å²) in [7, 11) is 1.71. The van der Waals surface area contributed by atoms with Crippen LogP contribution in [0, 0.1) is 5.41 Å². The van der Waals surface area contributed by atoms with Crippen molar-refractivity contribution in [3.05, 3.63) is 70.5 Å². The van der Waals surface area contributed by atoms with Gasteiger partial charge in [0.05, 0.1) is 7.11 Å². The monoisotopic (exact) mass is 454 g/mol. The second-order valence-electron chi connectivity index (χ2n) is 8.91. The molecule has 1 aromatic heterocycles. The number of nitrogens with zero attached hydrogens (tertiary/aromatic N) is 2. The van der Waals surface area contributed by atoms with Crippen molar-refractivity contribution in [3.63, 3.8) is 0 Å². The molecule has 2 aliphatic rings. The summed E-state index contributed by atoms with van der Waals surface area (Å²) in [4.78, 5) is 4.67. The summed E-state index contributed by atoms with van der Waals surface area (Å²) in [6.45, 7) is 0.904. The Morgan fingerprint density at radius 1 is 1.06 bits per heavy atom. The molecule has 2 aliphatic carbocycles. The van der Waals surface area contributed by atoms with Crippen molar-refractivity contribution in [2.45, 2.75) is 50.7 Å². The van der Waals surface area contributed by atoms with Crippen LogP contribution in [0.4, 0.5) is 5.13 Å². The highest BCUT2D eigenvalue weighted by atomic mass is 35.5. The molecule has 7 heteroatoms. The topological polar surface area (TPSA) is 59.1 Å². The second kappa shape index (κ2) is 8.77. The molecule has 31 heavy (non-hydrogen) atoms. The van der Waals surface area contributed by atoms with E-state index in [1.165, 1.54) is 48.3 Å². The van der Waals surface area contributed by atoms with E-state index < -0.39 is 0 Å². The SMILES string of the molecule is COc1cccc(CNC2CC3(C2)CC(Nc2nc(Cc4ccc(Cl)cc4)ns2)C3)c1. The number of methoxy groups -OCH3 is 1. The van der Waals surface area contributed by atoms with Gasteiger partial charge in [-0.2, -0.15) is 4.37 Å². The smallest absolute Gasteiger partial charge is 0.202 e. The Kier molecular flexibility index (Phi) is 5.87. The summed E-state index contributed by atoms with van der Waals surface area (Å²) in [5.41, 5.74) is 2.98. The number of hydrogen-bond acceptors (Lipinski definition) is 6. The first-order chi connectivity index (χ1) is 15.1. The van der Waals surface area contributed by atoms with E-state index in [1.54, 1.807) is 7.11 Å². The van der Waals surface area contributed by atoms with E-state index >= 15 is 0 Å². The highest BCUT2D eigenvalue weighted by Gasteiger charge is 2.52. The van der Waals surface area contributed by atoms with E-state index in [-0.39, 0.29) is 0 Å². The number of hydrogen-bond donors (Lipinski definition) is 2. The summed E-state index contributed by atoms with van der Waals surface area (Å²) in [6.07, 6.45) is 5.75. The Morgan fingerprint density at radius 2 is 1.84 bits per heavy atom. The lowest BCUT2D eigenvalue weighted by Crippen LogP contribution is -2.58. The molecule has 5 rings (SSSR count). The van der Waals surface area contributed by atoms with Gasteiger partial charge in [-0.3, -0.25) is 0 Å². The molecule has 5 nitrogen and oxygen atoms in total. The maximum atomic E-state index is 5.96. The van der Waals surface area contributed by atoms with Crippen molar-refractivity contribution in [2.24, 2.45) is 5.41 Å². The highest BCUT2D eigenvalue weighted by Crippen LogP contribution is 2.56. The summed E-state index contributed by atoms with van der Waals surface area (Å²) in [5.74, 6) is 1.79. The molecular formula is C24H27ClN4OS. The van der Waals surface area contributed by atoms with Crippen LogP contribution >= 0.6 is 23.1 Å². The van der Waals surface area contributed by atoms with Crippen molar-refractivity contribution in [2.75, 3.05) is 12.4 Å². The molecular weight excluding hydrogens is 428 g/mol. The van der Waals surface area contributed by atoms with Crippen LogP contribution in [0.5, 0.6) is 5.75 Å². The van der Waals surface area contributed by atoms with E-state index in [0.29, 0.717) is 17.5 Å². The van der Waals surface area contributed by atoms with Crippen LogP contribution in [-0.2, 0) is 13.0 Å². The van der Waals surface area contributed by atoms with Gasteiger partial charge in [0.1, 0.15) is 11.6 Å². The van der Waals surface area contributed by atoms with Crippen molar-refractivity contribution in [1.29, 1.82) is 0 Å². The van der Waals surface area contributed by atoms with Gasteiger partial charge in [0.15, 0.2) is 0 Å². The van der Waals surface area contributed by atoms with Gasteiger partial charge in [-0.05, 0) is 66.5 Å². The first-order valence-corrected chi connectivity index (χ1v) is 11.9. The van der Waals surface area contributed by atoms with E-state index in [0.717, 1.165) is 34.7 Å². The van der Waals surface area contributed by atoms with E-state index in [1.807, 2.05) is 30.3 Å². The van der Waals surface area contributed by atoms with Crippen molar-refractivity contribution in [1.82, 2.24) is 14.7 Å². The van der Waals surface area contributed by atoms with Gasteiger partial charge >= 0.3 is 0 Å². The molecule has 162 valence electrons. The largest absolute Gasteiger partial charge is 0.497 e. The molecule has 1 spiro atoms. The van der Waals surface area contributed by atoms with Gasteiger partial charge < -0.3 is 15.4 Å². The normalized spacial score (nSPS) is 24.5. The molecule has 2 N–H and O–H groups in total. The van der Waals surface area contributed by atoms with Gasteiger partial charge in [-0.15, -0.1) is 0 Å². The molecule has 0 bridgehead atoms. The van der Waals surface area contributed by atoms with Crippen LogP contribution in [0.1, 0.15) is 42.6 Å². The van der Waals surface area contributed by atoms with Crippen LogP contribution in [0.25, 0.3) is 0 Å². The number of aromatic nitrogens is 2. The minimum absolute atomic E-state index is 0.524. The Balaban J connectivity index is 1.04. The number of ether oxygens (including phenoxy) is 1. The van der Waals surface area contributed by atoms with Crippen LogP contribution in [0.15, 0.2) is 48.5 Å². The molecule has 0 amide bonds. The predicted molar refractivity (Wildman–Crippen MR) is 126 cm³/mol. The fourth-order valence-corrected chi connectivity index (χ4v) is 5.73. The lowest BCUT2D eigenvalue weighted by atomic mass is 9.52. The lowest BCUT2D eigenvalue weighted by molar-refractivity contribution is -0.0125. The van der Waals surface area contributed by atoms with Gasteiger partial charge in [-0.25, -0.2) is 4.98 Å². The lowest BCUT2D eigenvalue weighted by Gasteiger charge is -2.58. The van der Waals surface area contributed by atoms with E-state index in [2.05, 4.69) is 38.2 Å². The molecule has 1 heterocycles. The maximum absolute atomic E-state index is 5.96. The number of nitrogens with one attached hydrogen (secondary N) is 2. The summed E-state index contributed by atoms with van der Waals surface area (Å²) in [6, 6.07) is 17.3. The zero-order valence-electron chi connectivity index (χ0n) is 17.6. The fourth-order valence-electron chi connectivity index (χ4n) is 4.94. The molecule has 0 saturated heterocycles. The Hall–Kier alpha value is -2.15. The van der Waals surface area contributed by atoms with Gasteiger partial charge in [0.25, 0.3) is 0 Å². The molecule has 0 atom stereocenters. The number of anilines is 1. The predicted octanol–water partition coefficient (Wildman–Crippen LogP) is 5.30. The van der Waals surface area contributed by atoms with Gasteiger partial charge in [0, 0.05) is 41.6 Å². The van der Waals surface area contributed by atoms with E-state index in [9.17, 15) is 0 Å². The third-order valence-electron chi connectivity index (χ3n) is 6.52. The molecule has 0 aliphatic heterocycles. The first-order valence-electron chi connectivity index (χ1n) is 10.8. The third kappa shape index (κ3) is 4.86. The minimum atomic E-state index is 0.524. The molecule has 2 aromatic carbocycles. The van der Waals surface area contributed by atoms with Gasteiger partial charge in [0.2, 0.25) is 5.13 Å². The fraction of sp³-hybridized carbons (Fsp3) is 0.417. The summed E-state index contributed by atoms with van der Waals surface area (Å²) >= 11 is 7.42. The number of halogens is 1. The first kappa shape index (κ1) is 20.7. The van der Waals surface area contributed by atoms with Crippen LogP contribution in [0.3, 0.4) is 0 Å². The average molecular weight is 455 g/mol. The van der Waals surface area contributed by atoms with Crippen molar-refractivity contribution < 1.29 is 4.74 Å². The summed E-state index contributed by atoms with van der Waals surface area (Å²) < 4.78 is 9.82. The summed E-state index contributed by atoms with van der Waals surface area (Å²) in [5, 5.41) is 8.99. The third-order valence-corrected chi connectivity index (χ3v) is 7.45. The average Bonchev–Trinajstić information content (AvgIpc) is 3.16. The van der Waals surface area contributed by atoms with Crippen LogP contribution < -0.4 is 15.4 Å². The standard InChI is InChI=1S/C24H27ClN4OS/c1-30-21-4-2-3-17(9-21)15-26-19-11-24(12-19)13-20(14-24)27-23-28-22(29-31-23)10-16-5-7-18(25)8-6-16/h2-9,19-20,26H,10-15H2,1H3,(H,27,28,29). The molecule has 0 radical (unpaired) electrons. The van der Waals surface area contributed by atoms with Crippen molar-refractivity contribution >= 4 is 28.3 Å². The Bertz CT molecular complexity index is 1020.